The molecule has 1 fully saturated rings. The number of anilines is 1. The second-order valence-electron chi connectivity index (χ2n) is 10.5. The number of nitriles is 1. The molecule has 10 nitrogen and oxygen atoms in total. The zero-order valence-electron chi connectivity index (χ0n) is 22.5. The number of amides is 1. The molecular weight excluding hydrogens is 530 g/mol. The van der Waals surface area contributed by atoms with Crippen LogP contribution in [0.15, 0.2) is 60.4 Å². The van der Waals surface area contributed by atoms with E-state index in [1.807, 2.05) is 6.07 Å². The van der Waals surface area contributed by atoms with Crippen molar-refractivity contribution in [1.82, 2.24) is 24.6 Å². The van der Waals surface area contributed by atoms with E-state index in [2.05, 4.69) is 15.1 Å². The first kappa shape index (κ1) is 27.7. The van der Waals surface area contributed by atoms with Crippen LogP contribution < -0.4 is 16.2 Å². The molecular formula is C29H28F2N8O2. The Bertz CT molecular complexity index is 1700. The summed E-state index contributed by atoms with van der Waals surface area (Å²) < 4.78 is 36.1. The quantitative estimate of drug-likeness (QED) is 0.252. The number of nitrogens with two attached hydrogens (primary N) is 2. The average molecular weight is 559 g/mol. The molecule has 0 radical (unpaired) electrons. The lowest BCUT2D eigenvalue weighted by atomic mass is 10.0. The van der Waals surface area contributed by atoms with Gasteiger partial charge in [-0.1, -0.05) is 6.07 Å². The van der Waals surface area contributed by atoms with Gasteiger partial charge in [0.2, 0.25) is 0 Å². The predicted octanol–water partition coefficient (Wildman–Crippen LogP) is 4.32. The summed E-state index contributed by atoms with van der Waals surface area (Å²) in [6.45, 7) is 4.13. The van der Waals surface area contributed by atoms with Crippen molar-refractivity contribution >= 4 is 22.8 Å². The smallest absolute Gasteiger partial charge is 0.264 e. The summed E-state index contributed by atoms with van der Waals surface area (Å²) in [4.78, 5) is 23.3. The summed E-state index contributed by atoms with van der Waals surface area (Å²) >= 11 is 0. The normalized spacial score (nSPS) is 15.8. The fraction of sp³-hybridized carbons (Fsp3) is 0.276. The first-order valence-electron chi connectivity index (χ1n) is 13.0. The number of likely N-dealkylation sites (tertiary alicyclic amines) is 1. The molecule has 1 amide bonds. The number of halogens is 2. The van der Waals surface area contributed by atoms with E-state index < -0.39 is 23.1 Å². The van der Waals surface area contributed by atoms with Crippen LogP contribution in [0.2, 0.25) is 0 Å². The molecule has 0 saturated carbocycles. The number of carbonyl (C=O) groups excluding carboxylic acids is 1. The second-order valence-corrected chi connectivity index (χ2v) is 10.5. The Labute approximate surface area is 234 Å². The van der Waals surface area contributed by atoms with E-state index in [4.69, 9.17) is 16.2 Å². The monoisotopic (exact) mass is 558 g/mol. The number of fused-ring (bicyclic) bond motifs is 1. The maximum absolute atomic E-state index is 15.4. The van der Waals surface area contributed by atoms with Crippen LogP contribution in [0.3, 0.4) is 0 Å². The predicted molar refractivity (Wildman–Crippen MR) is 148 cm³/mol. The second kappa shape index (κ2) is 10.9. The molecule has 3 heterocycles. The number of ether oxygens (including phenoxy) is 1. The van der Waals surface area contributed by atoms with Crippen molar-refractivity contribution < 1.29 is 18.3 Å². The van der Waals surface area contributed by atoms with E-state index in [1.165, 1.54) is 42.7 Å². The molecule has 4 N–H and O–H groups in total. The van der Waals surface area contributed by atoms with Crippen molar-refractivity contribution in [3.63, 3.8) is 0 Å². The highest BCUT2D eigenvalue weighted by Gasteiger charge is 2.33. The van der Waals surface area contributed by atoms with Crippen LogP contribution in [0.1, 0.15) is 26.7 Å². The van der Waals surface area contributed by atoms with Gasteiger partial charge in [0.05, 0.1) is 18.0 Å². The van der Waals surface area contributed by atoms with Crippen LogP contribution in [0.25, 0.3) is 22.3 Å². The Morgan fingerprint density at radius 3 is 2.71 bits per heavy atom. The van der Waals surface area contributed by atoms with Crippen LogP contribution >= 0.6 is 0 Å². The molecule has 5 rings (SSSR count). The number of carbonyl (C=O) groups is 1. The number of benzene rings is 2. The number of nitrogens with zero attached hydrogens (tertiary/aromatic N) is 6. The van der Waals surface area contributed by atoms with Gasteiger partial charge in [-0.2, -0.15) is 10.4 Å². The van der Waals surface area contributed by atoms with Crippen molar-refractivity contribution in [1.29, 1.82) is 5.26 Å². The van der Waals surface area contributed by atoms with Crippen molar-refractivity contribution in [3.05, 3.63) is 72.1 Å². The van der Waals surface area contributed by atoms with Crippen LogP contribution in [-0.4, -0.2) is 48.7 Å². The minimum absolute atomic E-state index is 0.0235. The standard InChI is InChI=1S/C29H28F2N8O2/c1-29(2,34)13-17(14-32)28(40)38-10-4-6-19(38)15-39-27-24(26(33)35-16-36-27)25(37-39)22-9-8-21(12-23(22)31)41-20-7-3-5-18(30)11-20/h3,5,7-9,11-13,16,19H,4,6,10,15,34H2,1-2H3,(H2,33,35,36)/b17-13-/t19-/m1/s1. The Morgan fingerprint density at radius 2 is 2.00 bits per heavy atom. The molecule has 4 aromatic rings. The molecule has 0 unspecified atom stereocenters. The van der Waals surface area contributed by atoms with Gasteiger partial charge in [0.15, 0.2) is 5.65 Å². The summed E-state index contributed by atoms with van der Waals surface area (Å²) in [6, 6.07) is 11.4. The molecule has 210 valence electrons. The SMILES string of the molecule is CC(C)(N)/C=C(/C#N)C(=O)N1CCC[C@@H]1Cn1nc(-c2ccc(Oc3cccc(F)c3)cc2F)c2c(N)ncnc21. The van der Waals surface area contributed by atoms with E-state index in [9.17, 15) is 14.4 Å². The van der Waals surface area contributed by atoms with E-state index in [0.717, 1.165) is 6.42 Å². The maximum atomic E-state index is 15.4. The maximum Gasteiger partial charge on any atom is 0.264 e. The van der Waals surface area contributed by atoms with Gasteiger partial charge >= 0.3 is 0 Å². The Kier molecular flexibility index (Phi) is 7.38. The largest absolute Gasteiger partial charge is 0.457 e. The molecule has 0 aliphatic carbocycles. The van der Waals surface area contributed by atoms with Gasteiger partial charge in [-0.05, 0) is 57.0 Å². The first-order valence-corrected chi connectivity index (χ1v) is 13.0. The number of hydrogen-bond acceptors (Lipinski definition) is 8. The molecule has 1 saturated heterocycles. The van der Waals surface area contributed by atoms with Gasteiger partial charge < -0.3 is 21.1 Å². The van der Waals surface area contributed by atoms with Crippen molar-refractivity contribution in [2.75, 3.05) is 12.3 Å². The molecule has 1 aliphatic rings. The minimum Gasteiger partial charge on any atom is -0.457 e. The van der Waals surface area contributed by atoms with Gasteiger partial charge in [-0.15, -0.1) is 0 Å². The molecule has 2 aromatic heterocycles. The Balaban J connectivity index is 1.47. The lowest BCUT2D eigenvalue weighted by Gasteiger charge is -2.25. The van der Waals surface area contributed by atoms with Crippen molar-refractivity contribution in [3.8, 4) is 28.8 Å². The summed E-state index contributed by atoms with van der Waals surface area (Å²) in [5.74, 6) is -0.997. The number of hydrogen-bond donors (Lipinski definition) is 2. The van der Waals surface area contributed by atoms with Gasteiger partial charge in [0.1, 0.15) is 52.6 Å². The highest BCUT2D eigenvalue weighted by atomic mass is 19.1. The third kappa shape index (κ3) is 5.85. The number of aromatic nitrogens is 4. The molecule has 41 heavy (non-hydrogen) atoms. The lowest BCUT2D eigenvalue weighted by molar-refractivity contribution is -0.127. The zero-order valence-corrected chi connectivity index (χ0v) is 22.5. The van der Waals surface area contributed by atoms with Crippen LogP contribution in [0, 0.1) is 23.0 Å². The van der Waals surface area contributed by atoms with Crippen LogP contribution in [0.4, 0.5) is 14.6 Å². The first-order chi connectivity index (χ1) is 19.5. The molecule has 2 aromatic carbocycles. The van der Waals surface area contributed by atoms with Crippen LogP contribution in [0.5, 0.6) is 11.5 Å². The van der Waals surface area contributed by atoms with Crippen molar-refractivity contribution in [2.45, 2.75) is 44.8 Å². The fourth-order valence-corrected chi connectivity index (χ4v) is 4.93. The zero-order chi connectivity index (χ0) is 29.3. The fourth-order valence-electron chi connectivity index (χ4n) is 4.93. The van der Waals surface area contributed by atoms with E-state index in [-0.39, 0.29) is 46.7 Å². The highest BCUT2D eigenvalue weighted by Crippen LogP contribution is 2.35. The van der Waals surface area contributed by atoms with E-state index in [1.54, 1.807) is 35.6 Å². The van der Waals surface area contributed by atoms with Gasteiger partial charge in [-0.3, -0.25) is 4.79 Å². The molecule has 1 atom stereocenters. The molecule has 0 bridgehead atoms. The minimum atomic E-state index is -0.834. The number of nitrogen functional groups attached to an aromatic ring is 1. The third-order valence-electron chi connectivity index (χ3n) is 6.67. The lowest BCUT2D eigenvalue weighted by Crippen LogP contribution is -2.40. The average Bonchev–Trinajstić information content (AvgIpc) is 3.52. The number of rotatable bonds is 7. The Hall–Kier alpha value is -4.89. The van der Waals surface area contributed by atoms with Crippen molar-refractivity contribution in [2.24, 2.45) is 5.73 Å². The third-order valence-corrected chi connectivity index (χ3v) is 6.67. The summed E-state index contributed by atoms with van der Waals surface area (Å²) in [5, 5.41) is 14.6. The van der Waals surface area contributed by atoms with Gasteiger partial charge in [0.25, 0.3) is 5.91 Å². The molecule has 12 heteroatoms. The molecule has 0 spiro atoms. The summed E-state index contributed by atoms with van der Waals surface area (Å²) in [5.41, 5.74) is 12.1. The highest BCUT2D eigenvalue weighted by molar-refractivity contribution is 5.99. The van der Waals surface area contributed by atoms with Gasteiger partial charge in [-0.25, -0.2) is 23.4 Å². The summed E-state index contributed by atoms with van der Waals surface area (Å²) in [6.07, 6.45) is 4.17. The van der Waals surface area contributed by atoms with Crippen LogP contribution in [-0.2, 0) is 11.3 Å². The van der Waals surface area contributed by atoms with E-state index >= 15 is 4.39 Å². The van der Waals surface area contributed by atoms with Gasteiger partial charge in [0, 0.05) is 29.8 Å². The molecule has 1 aliphatic heterocycles. The Morgan fingerprint density at radius 1 is 1.22 bits per heavy atom. The summed E-state index contributed by atoms with van der Waals surface area (Å²) in [7, 11) is 0. The van der Waals surface area contributed by atoms with E-state index in [0.29, 0.717) is 24.0 Å². The topological polar surface area (TPSA) is 149 Å².